The molecule has 2 aromatic heterocycles. The van der Waals surface area contributed by atoms with E-state index in [9.17, 15) is 10.1 Å². The maximum Gasteiger partial charge on any atom is 0.364 e. The van der Waals surface area contributed by atoms with Crippen LogP contribution in [0.3, 0.4) is 0 Å². The van der Waals surface area contributed by atoms with Crippen LogP contribution in [0.4, 0.5) is 5.82 Å². The molecular formula is C8H5N3O2. The fourth-order valence-electron chi connectivity index (χ4n) is 1.06. The molecule has 2 heterocycles. The van der Waals surface area contributed by atoms with Gasteiger partial charge < -0.3 is 10.1 Å². The Hall–Kier alpha value is -2.04. The van der Waals surface area contributed by atoms with Gasteiger partial charge in [0.15, 0.2) is 5.52 Å². The van der Waals surface area contributed by atoms with Gasteiger partial charge in [0.05, 0.1) is 0 Å². The molecule has 0 amide bonds. The number of aromatic nitrogens is 2. The van der Waals surface area contributed by atoms with E-state index in [1.165, 1.54) is 6.07 Å². The number of hydrogen-bond acceptors (Lipinski definition) is 4. The van der Waals surface area contributed by atoms with Crippen molar-refractivity contribution in [1.82, 2.24) is 9.97 Å². The SMILES string of the molecule is O=[N+]([O-])c1ccc2cnccc2n1. The third kappa shape index (κ3) is 1.31. The molecule has 0 saturated carbocycles. The summed E-state index contributed by atoms with van der Waals surface area (Å²) >= 11 is 0. The lowest BCUT2D eigenvalue weighted by Gasteiger charge is -1.92. The Bertz CT molecular complexity index is 470. The van der Waals surface area contributed by atoms with Crippen LogP contribution in [-0.4, -0.2) is 14.9 Å². The van der Waals surface area contributed by atoms with Gasteiger partial charge in [0.1, 0.15) is 0 Å². The van der Waals surface area contributed by atoms with Crippen LogP contribution in [0.5, 0.6) is 0 Å². The van der Waals surface area contributed by atoms with Crippen LogP contribution in [-0.2, 0) is 0 Å². The first-order valence-electron chi connectivity index (χ1n) is 3.62. The maximum atomic E-state index is 10.4. The molecule has 64 valence electrons. The van der Waals surface area contributed by atoms with Gasteiger partial charge >= 0.3 is 5.82 Å². The Morgan fingerprint density at radius 2 is 2.15 bits per heavy atom. The summed E-state index contributed by atoms with van der Waals surface area (Å²) in [5.74, 6) is -0.140. The van der Waals surface area contributed by atoms with Gasteiger partial charge in [-0.25, -0.2) is 0 Å². The van der Waals surface area contributed by atoms with Crippen molar-refractivity contribution in [3.8, 4) is 0 Å². The van der Waals surface area contributed by atoms with Gasteiger partial charge in [-0.05, 0) is 16.0 Å². The molecule has 5 nitrogen and oxygen atoms in total. The molecule has 0 aliphatic rings. The van der Waals surface area contributed by atoms with E-state index in [4.69, 9.17) is 0 Å². The number of hydrogen-bond donors (Lipinski definition) is 0. The third-order valence-corrected chi connectivity index (χ3v) is 1.66. The molecule has 0 atom stereocenters. The molecule has 0 saturated heterocycles. The minimum Gasteiger partial charge on any atom is -0.358 e. The van der Waals surface area contributed by atoms with Crippen molar-refractivity contribution in [2.75, 3.05) is 0 Å². The van der Waals surface area contributed by atoms with Gasteiger partial charge in [-0.1, -0.05) is 0 Å². The van der Waals surface area contributed by atoms with Gasteiger partial charge in [-0.3, -0.25) is 4.98 Å². The molecule has 13 heavy (non-hydrogen) atoms. The zero-order valence-electron chi connectivity index (χ0n) is 6.54. The highest BCUT2D eigenvalue weighted by atomic mass is 16.6. The predicted molar refractivity (Wildman–Crippen MR) is 46.2 cm³/mol. The quantitative estimate of drug-likeness (QED) is 0.487. The molecule has 0 aliphatic heterocycles. The second-order valence-corrected chi connectivity index (χ2v) is 2.49. The summed E-state index contributed by atoms with van der Waals surface area (Å²) in [6.07, 6.45) is 3.17. The van der Waals surface area contributed by atoms with E-state index in [0.717, 1.165) is 5.39 Å². The number of nitro groups is 1. The molecule has 0 radical (unpaired) electrons. The van der Waals surface area contributed by atoms with Crippen LogP contribution in [0.25, 0.3) is 10.9 Å². The van der Waals surface area contributed by atoms with Crippen molar-refractivity contribution in [3.05, 3.63) is 40.7 Å². The highest BCUT2D eigenvalue weighted by molar-refractivity contribution is 5.78. The summed E-state index contributed by atoms with van der Waals surface area (Å²) < 4.78 is 0. The topological polar surface area (TPSA) is 68.9 Å². The first-order chi connectivity index (χ1) is 6.27. The molecule has 0 spiro atoms. The van der Waals surface area contributed by atoms with Crippen molar-refractivity contribution in [2.45, 2.75) is 0 Å². The van der Waals surface area contributed by atoms with E-state index in [0.29, 0.717) is 5.52 Å². The highest BCUT2D eigenvalue weighted by Crippen LogP contribution is 2.14. The minimum absolute atomic E-state index is 0.140. The van der Waals surface area contributed by atoms with Crippen molar-refractivity contribution >= 4 is 16.7 Å². The molecule has 5 heteroatoms. The van der Waals surface area contributed by atoms with Gasteiger partial charge in [-0.15, -0.1) is 0 Å². The minimum atomic E-state index is -0.514. The first-order valence-corrected chi connectivity index (χ1v) is 3.62. The molecule has 0 N–H and O–H groups in total. The maximum absolute atomic E-state index is 10.4. The van der Waals surface area contributed by atoms with Crippen LogP contribution in [0, 0.1) is 10.1 Å². The summed E-state index contributed by atoms with van der Waals surface area (Å²) in [5.41, 5.74) is 0.587. The van der Waals surface area contributed by atoms with E-state index in [1.54, 1.807) is 24.5 Å². The second-order valence-electron chi connectivity index (χ2n) is 2.49. The van der Waals surface area contributed by atoms with E-state index < -0.39 is 4.92 Å². The Kier molecular flexibility index (Phi) is 1.63. The summed E-state index contributed by atoms with van der Waals surface area (Å²) in [7, 11) is 0. The number of fused-ring (bicyclic) bond motifs is 1. The molecule has 2 rings (SSSR count). The van der Waals surface area contributed by atoms with Gasteiger partial charge in [0.25, 0.3) is 0 Å². The molecule has 2 aromatic rings. The van der Waals surface area contributed by atoms with Crippen molar-refractivity contribution in [3.63, 3.8) is 0 Å². The monoisotopic (exact) mass is 175 g/mol. The molecule has 0 aliphatic carbocycles. The highest BCUT2D eigenvalue weighted by Gasteiger charge is 2.07. The fourth-order valence-corrected chi connectivity index (χ4v) is 1.06. The van der Waals surface area contributed by atoms with Crippen LogP contribution in [0.1, 0.15) is 0 Å². The standard InChI is InChI=1S/C8H5N3O2/c12-11(13)8-2-1-6-5-9-4-3-7(6)10-8/h1-5H. The third-order valence-electron chi connectivity index (χ3n) is 1.66. The molecule has 0 fully saturated rings. The summed E-state index contributed by atoms with van der Waals surface area (Å²) in [4.78, 5) is 17.6. The van der Waals surface area contributed by atoms with E-state index in [-0.39, 0.29) is 5.82 Å². The second kappa shape index (κ2) is 2.78. The predicted octanol–water partition coefficient (Wildman–Crippen LogP) is 1.54. The average molecular weight is 175 g/mol. The molecule has 0 aromatic carbocycles. The lowest BCUT2D eigenvalue weighted by molar-refractivity contribution is -0.389. The van der Waals surface area contributed by atoms with Crippen LogP contribution in [0.2, 0.25) is 0 Å². The Morgan fingerprint density at radius 3 is 2.92 bits per heavy atom. The normalized spacial score (nSPS) is 10.2. The van der Waals surface area contributed by atoms with Crippen molar-refractivity contribution < 1.29 is 4.92 Å². The Labute approximate surface area is 73.2 Å². The number of nitrogens with zero attached hydrogens (tertiary/aromatic N) is 3. The lowest BCUT2D eigenvalue weighted by atomic mass is 10.3. The zero-order chi connectivity index (χ0) is 9.26. The lowest BCUT2D eigenvalue weighted by Crippen LogP contribution is -1.91. The summed E-state index contributed by atoms with van der Waals surface area (Å²) in [6.45, 7) is 0. The van der Waals surface area contributed by atoms with Crippen molar-refractivity contribution in [1.29, 1.82) is 0 Å². The first kappa shape index (κ1) is 7.60. The van der Waals surface area contributed by atoms with Gasteiger partial charge in [0.2, 0.25) is 0 Å². The molecular weight excluding hydrogens is 170 g/mol. The van der Waals surface area contributed by atoms with E-state index in [1.807, 2.05) is 0 Å². The smallest absolute Gasteiger partial charge is 0.358 e. The summed E-state index contributed by atoms with van der Waals surface area (Å²) in [5, 5.41) is 11.2. The molecule has 0 unspecified atom stereocenters. The van der Waals surface area contributed by atoms with E-state index in [2.05, 4.69) is 9.97 Å². The van der Waals surface area contributed by atoms with Gasteiger partial charge in [0, 0.05) is 29.9 Å². The number of rotatable bonds is 1. The Morgan fingerprint density at radius 1 is 1.31 bits per heavy atom. The summed E-state index contributed by atoms with van der Waals surface area (Å²) in [6, 6.07) is 4.64. The fraction of sp³-hybridized carbons (Fsp3) is 0. The zero-order valence-corrected chi connectivity index (χ0v) is 6.54. The van der Waals surface area contributed by atoms with Crippen LogP contribution < -0.4 is 0 Å². The molecule has 0 bridgehead atoms. The van der Waals surface area contributed by atoms with Crippen molar-refractivity contribution in [2.24, 2.45) is 0 Å². The van der Waals surface area contributed by atoms with Crippen LogP contribution >= 0.6 is 0 Å². The van der Waals surface area contributed by atoms with Crippen LogP contribution in [0.15, 0.2) is 30.6 Å². The largest absolute Gasteiger partial charge is 0.364 e. The average Bonchev–Trinajstić information content (AvgIpc) is 2.17. The van der Waals surface area contributed by atoms with Gasteiger partial charge in [-0.2, -0.15) is 0 Å². The van der Waals surface area contributed by atoms with E-state index >= 15 is 0 Å². The number of pyridine rings is 2. The Balaban J connectivity index is 2.69.